The standard InChI is InChI=1S/C11H18N4O4/c1-5-6-7(8(16)17-2)12-9-13-10(18-3)15-11(14-9)19-4/h7H,5-6H2,1-4H3,(H,12,13,14,15)/t7-/m0/s1. The largest absolute Gasteiger partial charge is 0.467 e. The molecule has 0 aliphatic rings. The lowest BCUT2D eigenvalue weighted by Crippen LogP contribution is -2.31. The van der Waals surface area contributed by atoms with E-state index in [0.717, 1.165) is 6.42 Å². The van der Waals surface area contributed by atoms with Crippen LogP contribution in [0.4, 0.5) is 5.95 Å². The molecule has 0 bridgehead atoms. The summed E-state index contributed by atoms with van der Waals surface area (Å²) in [5.74, 6) is -0.173. The zero-order chi connectivity index (χ0) is 14.3. The third-order valence-corrected chi connectivity index (χ3v) is 2.33. The predicted molar refractivity (Wildman–Crippen MR) is 67.3 cm³/mol. The number of esters is 1. The third kappa shape index (κ3) is 4.23. The molecule has 0 saturated carbocycles. The molecule has 0 aliphatic carbocycles. The first kappa shape index (κ1) is 14.9. The van der Waals surface area contributed by atoms with E-state index >= 15 is 0 Å². The van der Waals surface area contributed by atoms with Gasteiger partial charge in [0.05, 0.1) is 21.3 Å². The molecular formula is C11H18N4O4. The quantitative estimate of drug-likeness (QED) is 0.721. The zero-order valence-corrected chi connectivity index (χ0v) is 11.5. The Kier molecular flexibility index (Phi) is 5.77. The van der Waals surface area contributed by atoms with E-state index in [2.05, 4.69) is 20.3 Å². The van der Waals surface area contributed by atoms with Gasteiger partial charge in [0.15, 0.2) is 0 Å². The Morgan fingerprint density at radius 2 is 1.74 bits per heavy atom. The Hall–Kier alpha value is -2.12. The maximum absolute atomic E-state index is 11.6. The minimum absolute atomic E-state index is 0.106. The van der Waals surface area contributed by atoms with Gasteiger partial charge in [0.25, 0.3) is 0 Å². The molecule has 0 aromatic carbocycles. The monoisotopic (exact) mass is 270 g/mol. The molecule has 0 unspecified atom stereocenters. The topological polar surface area (TPSA) is 95.5 Å². The summed E-state index contributed by atoms with van der Waals surface area (Å²) in [6, 6.07) is -0.309. The molecule has 0 radical (unpaired) electrons. The summed E-state index contributed by atoms with van der Waals surface area (Å²) < 4.78 is 14.6. The lowest BCUT2D eigenvalue weighted by atomic mass is 10.2. The molecule has 0 amide bonds. The number of hydrogen-bond donors (Lipinski definition) is 1. The number of ether oxygens (including phenoxy) is 3. The molecule has 0 fully saturated rings. The molecule has 0 aliphatic heterocycles. The number of anilines is 1. The molecule has 0 spiro atoms. The van der Waals surface area contributed by atoms with Gasteiger partial charge in [-0.05, 0) is 6.42 Å². The number of hydrogen-bond acceptors (Lipinski definition) is 8. The fourth-order valence-corrected chi connectivity index (χ4v) is 1.42. The van der Waals surface area contributed by atoms with Crippen LogP contribution in [-0.4, -0.2) is 48.3 Å². The van der Waals surface area contributed by atoms with Gasteiger partial charge in [0, 0.05) is 0 Å². The summed E-state index contributed by atoms with van der Waals surface area (Å²) in [6.07, 6.45) is 1.41. The first-order valence-electron chi connectivity index (χ1n) is 5.83. The summed E-state index contributed by atoms with van der Waals surface area (Å²) >= 11 is 0. The van der Waals surface area contributed by atoms with Gasteiger partial charge in [-0.1, -0.05) is 13.3 Å². The Balaban J connectivity index is 2.91. The van der Waals surface area contributed by atoms with Gasteiger partial charge in [-0.2, -0.15) is 9.97 Å². The minimum atomic E-state index is -0.521. The highest BCUT2D eigenvalue weighted by Gasteiger charge is 2.20. The lowest BCUT2D eigenvalue weighted by Gasteiger charge is -2.15. The van der Waals surface area contributed by atoms with Crippen LogP contribution < -0.4 is 14.8 Å². The van der Waals surface area contributed by atoms with E-state index < -0.39 is 6.04 Å². The summed E-state index contributed by atoms with van der Waals surface area (Å²) in [4.78, 5) is 23.5. The van der Waals surface area contributed by atoms with Crippen molar-refractivity contribution in [3.8, 4) is 12.0 Å². The van der Waals surface area contributed by atoms with Crippen LogP contribution in [0.5, 0.6) is 12.0 Å². The van der Waals surface area contributed by atoms with Crippen molar-refractivity contribution in [1.29, 1.82) is 0 Å². The van der Waals surface area contributed by atoms with Crippen molar-refractivity contribution in [2.45, 2.75) is 25.8 Å². The van der Waals surface area contributed by atoms with Gasteiger partial charge < -0.3 is 19.5 Å². The second kappa shape index (κ2) is 7.34. The number of carbonyl (C=O) groups excluding carboxylic acids is 1. The summed E-state index contributed by atoms with van der Waals surface area (Å²) in [7, 11) is 4.20. The fraction of sp³-hybridized carbons (Fsp3) is 0.636. The summed E-state index contributed by atoms with van der Waals surface area (Å²) in [5, 5.41) is 2.88. The molecule has 19 heavy (non-hydrogen) atoms. The van der Waals surface area contributed by atoms with Crippen LogP contribution in [0.25, 0.3) is 0 Å². The van der Waals surface area contributed by atoms with Crippen LogP contribution in [0, 0.1) is 0 Å². The van der Waals surface area contributed by atoms with Crippen molar-refractivity contribution in [1.82, 2.24) is 15.0 Å². The normalized spacial score (nSPS) is 11.6. The highest BCUT2D eigenvalue weighted by atomic mass is 16.5. The molecule has 106 valence electrons. The van der Waals surface area contributed by atoms with Gasteiger partial charge in [-0.3, -0.25) is 0 Å². The summed E-state index contributed by atoms with van der Waals surface area (Å²) in [5.41, 5.74) is 0. The molecule has 8 nitrogen and oxygen atoms in total. The van der Waals surface area contributed by atoms with Crippen molar-refractivity contribution < 1.29 is 19.0 Å². The highest BCUT2D eigenvalue weighted by molar-refractivity contribution is 5.78. The molecule has 1 atom stereocenters. The molecular weight excluding hydrogens is 252 g/mol. The minimum Gasteiger partial charge on any atom is -0.467 e. The average molecular weight is 270 g/mol. The first-order valence-corrected chi connectivity index (χ1v) is 5.83. The molecule has 1 N–H and O–H groups in total. The van der Waals surface area contributed by atoms with Crippen molar-refractivity contribution in [3.05, 3.63) is 0 Å². The molecule has 0 saturated heterocycles. The van der Waals surface area contributed by atoms with E-state index in [1.54, 1.807) is 0 Å². The van der Waals surface area contributed by atoms with Gasteiger partial charge >= 0.3 is 18.0 Å². The number of nitrogens with one attached hydrogen (secondary N) is 1. The Labute approximate surface area is 111 Å². The van der Waals surface area contributed by atoms with E-state index in [-0.39, 0.29) is 23.9 Å². The number of rotatable bonds is 7. The summed E-state index contributed by atoms with van der Waals surface area (Å²) in [6.45, 7) is 1.96. The van der Waals surface area contributed by atoms with Crippen molar-refractivity contribution in [3.63, 3.8) is 0 Å². The molecule has 1 rings (SSSR count). The maximum atomic E-state index is 11.6. The Morgan fingerprint density at radius 1 is 1.16 bits per heavy atom. The average Bonchev–Trinajstić information content (AvgIpc) is 2.45. The Morgan fingerprint density at radius 3 is 2.16 bits per heavy atom. The van der Waals surface area contributed by atoms with E-state index in [1.165, 1.54) is 21.3 Å². The third-order valence-electron chi connectivity index (χ3n) is 2.33. The maximum Gasteiger partial charge on any atom is 0.328 e. The molecule has 1 heterocycles. The van der Waals surface area contributed by atoms with Gasteiger partial charge in [0.2, 0.25) is 5.95 Å². The van der Waals surface area contributed by atoms with E-state index in [4.69, 9.17) is 14.2 Å². The van der Waals surface area contributed by atoms with Crippen molar-refractivity contribution in [2.24, 2.45) is 0 Å². The second-order valence-electron chi connectivity index (χ2n) is 3.64. The molecule has 1 aromatic heterocycles. The fourth-order valence-electron chi connectivity index (χ4n) is 1.42. The van der Waals surface area contributed by atoms with Crippen LogP contribution in [0.15, 0.2) is 0 Å². The van der Waals surface area contributed by atoms with Crippen LogP contribution in [-0.2, 0) is 9.53 Å². The lowest BCUT2D eigenvalue weighted by molar-refractivity contribution is -0.141. The van der Waals surface area contributed by atoms with Gasteiger partial charge in [-0.15, -0.1) is 4.98 Å². The van der Waals surface area contributed by atoms with Gasteiger partial charge in [-0.25, -0.2) is 4.79 Å². The van der Waals surface area contributed by atoms with Crippen molar-refractivity contribution >= 4 is 11.9 Å². The number of aromatic nitrogens is 3. The number of carbonyl (C=O) groups is 1. The smallest absolute Gasteiger partial charge is 0.328 e. The van der Waals surface area contributed by atoms with Crippen LogP contribution >= 0.6 is 0 Å². The van der Waals surface area contributed by atoms with Crippen molar-refractivity contribution in [2.75, 3.05) is 26.6 Å². The number of methoxy groups -OCH3 is 3. The predicted octanol–water partition coefficient (Wildman–Crippen LogP) is 0.642. The van der Waals surface area contributed by atoms with E-state index in [0.29, 0.717) is 6.42 Å². The zero-order valence-electron chi connectivity index (χ0n) is 11.5. The van der Waals surface area contributed by atoms with Crippen LogP contribution in [0.3, 0.4) is 0 Å². The first-order chi connectivity index (χ1) is 9.14. The molecule has 8 heteroatoms. The van der Waals surface area contributed by atoms with E-state index in [1.807, 2.05) is 6.92 Å². The number of nitrogens with zero attached hydrogens (tertiary/aromatic N) is 3. The van der Waals surface area contributed by atoms with E-state index in [9.17, 15) is 4.79 Å². The highest BCUT2D eigenvalue weighted by Crippen LogP contribution is 2.14. The SMILES string of the molecule is CCC[C@H](Nc1nc(OC)nc(OC)n1)C(=O)OC. The Bertz CT molecular complexity index is 405. The second-order valence-corrected chi connectivity index (χ2v) is 3.64. The van der Waals surface area contributed by atoms with Crippen LogP contribution in [0.1, 0.15) is 19.8 Å². The van der Waals surface area contributed by atoms with Crippen LogP contribution in [0.2, 0.25) is 0 Å². The molecule has 1 aromatic rings. The van der Waals surface area contributed by atoms with Gasteiger partial charge in [0.1, 0.15) is 6.04 Å².